The summed E-state index contributed by atoms with van der Waals surface area (Å²) in [6, 6.07) is 9.21. The molecule has 0 fully saturated rings. The summed E-state index contributed by atoms with van der Waals surface area (Å²) < 4.78 is 9.89. The molecule has 7 nitrogen and oxygen atoms in total. The SMILES string of the molecule is COc1ccc(Nc2nc(C(=O)N(C)Cc3ccon3)cs2)cc1. The van der Waals surface area contributed by atoms with Gasteiger partial charge >= 0.3 is 0 Å². The first-order valence-corrected chi connectivity index (χ1v) is 8.05. The summed E-state index contributed by atoms with van der Waals surface area (Å²) in [5.41, 5.74) is 1.96. The molecule has 0 aliphatic carbocycles. The number of benzene rings is 1. The van der Waals surface area contributed by atoms with Gasteiger partial charge < -0.3 is 19.5 Å². The number of thiazole rings is 1. The molecule has 0 aliphatic rings. The van der Waals surface area contributed by atoms with Crippen LogP contribution < -0.4 is 10.1 Å². The van der Waals surface area contributed by atoms with E-state index < -0.39 is 0 Å². The van der Waals surface area contributed by atoms with Crippen LogP contribution in [-0.2, 0) is 6.54 Å². The number of carbonyl (C=O) groups excluding carboxylic acids is 1. The molecule has 124 valence electrons. The van der Waals surface area contributed by atoms with E-state index >= 15 is 0 Å². The molecule has 0 radical (unpaired) electrons. The number of ether oxygens (including phenoxy) is 1. The maximum atomic E-state index is 12.4. The van der Waals surface area contributed by atoms with Crippen molar-refractivity contribution in [3.63, 3.8) is 0 Å². The molecule has 0 saturated carbocycles. The Labute approximate surface area is 142 Å². The zero-order chi connectivity index (χ0) is 16.9. The second-order valence-electron chi connectivity index (χ2n) is 5.04. The summed E-state index contributed by atoms with van der Waals surface area (Å²) in [6.07, 6.45) is 1.48. The van der Waals surface area contributed by atoms with Crippen molar-refractivity contribution in [1.82, 2.24) is 15.0 Å². The Morgan fingerprint density at radius 1 is 1.33 bits per heavy atom. The van der Waals surface area contributed by atoms with Crippen LogP contribution >= 0.6 is 11.3 Å². The number of rotatable bonds is 6. The predicted molar refractivity (Wildman–Crippen MR) is 90.7 cm³/mol. The Kier molecular flexibility index (Phi) is 4.76. The van der Waals surface area contributed by atoms with Gasteiger partial charge in [0.1, 0.15) is 23.4 Å². The molecule has 0 aliphatic heterocycles. The summed E-state index contributed by atoms with van der Waals surface area (Å²) in [6.45, 7) is 0.369. The van der Waals surface area contributed by atoms with Crippen molar-refractivity contribution in [1.29, 1.82) is 0 Å². The van der Waals surface area contributed by atoms with Crippen LogP contribution in [0.5, 0.6) is 5.75 Å². The normalized spacial score (nSPS) is 10.4. The molecule has 2 aromatic heterocycles. The van der Waals surface area contributed by atoms with Gasteiger partial charge in [-0.3, -0.25) is 4.79 Å². The summed E-state index contributed by atoms with van der Waals surface area (Å²) in [5, 5.41) is 9.35. The highest BCUT2D eigenvalue weighted by Gasteiger charge is 2.16. The number of amides is 1. The minimum absolute atomic E-state index is 0.169. The van der Waals surface area contributed by atoms with Gasteiger partial charge in [0, 0.05) is 24.2 Å². The number of nitrogens with one attached hydrogen (secondary N) is 1. The van der Waals surface area contributed by atoms with E-state index in [0.717, 1.165) is 11.4 Å². The van der Waals surface area contributed by atoms with Crippen LogP contribution in [0.15, 0.2) is 46.5 Å². The Bertz CT molecular complexity index is 799. The van der Waals surface area contributed by atoms with Crippen LogP contribution in [0.4, 0.5) is 10.8 Å². The molecular formula is C16H16N4O3S. The highest BCUT2D eigenvalue weighted by molar-refractivity contribution is 7.14. The maximum Gasteiger partial charge on any atom is 0.273 e. The highest BCUT2D eigenvalue weighted by Crippen LogP contribution is 2.23. The zero-order valence-corrected chi connectivity index (χ0v) is 14.0. The van der Waals surface area contributed by atoms with Crippen molar-refractivity contribution in [2.75, 3.05) is 19.5 Å². The molecule has 0 saturated heterocycles. The summed E-state index contributed by atoms with van der Waals surface area (Å²) >= 11 is 1.37. The Morgan fingerprint density at radius 2 is 2.12 bits per heavy atom. The van der Waals surface area contributed by atoms with Gasteiger partial charge in [0.05, 0.1) is 13.7 Å². The Balaban J connectivity index is 1.64. The van der Waals surface area contributed by atoms with E-state index in [2.05, 4.69) is 15.5 Å². The number of anilines is 2. The molecular weight excluding hydrogens is 328 g/mol. The van der Waals surface area contributed by atoms with E-state index in [1.807, 2.05) is 24.3 Å². The van der Waals surface area contributed by atoms with Crippen LogP contribution in [-0.4, -0.2) is 35.1 Å². The molecule has 0 bridgehead atoms. The van der Waals surface area contributed by atoms with Crippen molar-refractivity contribution >= 4 is 28.1 Å². The molecule has 1 amide bonds. The molecule has 3 rings (SSSR count). The zero-order valence-electron chi connectivity index (χ0n) is 13.2. The lowest BCUT2D eigenvalue weighted by Gasteiger charge is -2.13. The Hall–Kier alpha value is -2.87. The Morgan fingerprint density at radius 3 is 2.79 bits per heavy atom. The van der Waals surface area contributed by atoms with Gasteiger partial charge in [0.25, 0.3) is 5.91 Å². The van der Waals surface area contributed by atoms with Crippen LogP contribution in [0.1, 0.15) is 16.2 Å². The van der Waals surface area contributed by atoms with E-state index in [0.29, 0.717) is 23.1 Å². The van der Waals surface area contributed by atoms with Crippen molar-refractivity contribution in [3.8, 4) is 5.75 Å². The monoisotopic (exact) mass is 344 g/mol. The molecule has 1 N–H and O–H groups in total. The molecule has 24 heavy (non-hydrogen) atoms. The third-order valence-corrected chi connectivity index (χ3v) is 4.06. The van der Waals surface area contributed by atoms with Crippen LogP contribution in [0, 0.1) is 0 Å². The first-order chi connectivity index (χ1) is 11.7. The van der Waals surface area contributed by atoms with Crippen LogP contribution in [0.25, 0.3) is 0 Å². The van der Waals surface area contributed by atoms with Gasteiger partial charge in [-0.1, -0.05) is 5.16 Å². The fourth-order valence-corrected chi connectivity index (χ4v) is 2.76. The van der Waals surface area contributed by atoms with Crippen LogP contribution in [0.3, 0.4) is 0 Å². The topological polar surface area (TPSA) is 80.5 Å². The quantitative estimate of drug-likeness (QED) is 0.740. The third-order valence-electron chi connectivity index (χ3n) is 3.30. The fourth-order valence-electron chi connectivity index (χ4n) is 2.06. The fraction of sp³-hybridized carbons (Fsp3) is 0.188. The number of nitrogens with zero attached hydrogens (tertiary/aromatic N) is 3. The first kappa shape index (κ1) is 16.0. The smallest absolute Gasteiger partial charge is 0.273 e. The number of hydrogen-bond donors (Lipinski definition) is 1. The van der Waals surface area contributed by atoms with Crippen molar-refractivity contribution in [2.24, 2.45) is 0 Å². The maximum absolute atomic E-state index is 12.4. The van der Waals surface area contributed by atoms with E-state index in [4.69, 9.17) is 9.26 Å². The van der Waals surface area contributed by atoms with Gasteiger partial charge in [-0.05, 0) is 24.3 Å². The lowest BCUT2D eigenvalue weighted by Crippen LogP contribution is -2.26. The number of hydrogen-bond acceptors (Lipinski definition) is 7. The predicted octanol–water partition coefficient (Wildman–Crippen LogP) is 3.16. The van der Waals surface area contributed by atoms with E-state index in [1.165, 1.54) is 17.6 Å². The number of aromatic nitrogens is 2. The summed E-state index contributed by atoms with van der Waals surface area (Å²) in [4.78, 5) is 18.3. The van der Waals surface area contributed by atoms with Gasteiger partial charge in [-0.25, -0.2) is 4.98 Å². The van der Waals surface area contributed by atoms with Crippen molar-refractivity contribution < 1.29 is 14.1 Å². The second kappa shape index (κ2) is 7.14. The molecule has 0 atom stereocenters. The first-order valence-electron chi connectivity index (χ1n) is 7.17. The average Bonchev–Trinajstić information content (AvgIpc) is 3.27. The van der Waals surface area contributed by atoms with E-state index in [-0.39, 0.29) is 5.91 Å². The molecule has 0 unspecified atom stereocenters. The van der Waals surface area contributed by atoms with Gasteiger partial charge in [-0.2, -0.15) is 0 Å². The molecule has 2 heterocycles. The average molecular weight is 344 g/mol. The highest BCUT2D eigenvalue weighted by atomic mass is 32.1. The largest absolute Gasteiger partial charge is 0.497 e. The third kappa shape index (κ3) is 3.72. The lowest BCUT2D eigenvalue weighted by molar-refractivity contribution is 0.0777. The number of carbonyl (C=O) groups is 1. The standard InChI is InChI=1S/C16H16N4O3S/c1-20(9-12-7-8-23-19-12)15(21)14-10-24-16(18-14)17-11-3-5-13(22-2)6-4-11/h3-8,10H,9H2,1-2H3,(H,17,18). The minimum atomic E-state index is -0.169. The molecule has 0 spiro atoms. The summed E-state index contributed by atoms with van der Waals surface area (Å²) in [5.74, 6) is 0.613. The van der Waals surface area contributed by atoms with Crippen molar-refractivity contribution in [3.05, 3.63) is 53.4 Å². The summed E-state index contributed by atoms with van der Waals surface area (Å²) in [7, 11) is 3.32. The van der Waals surface area contributed by atoms with Gasteiger partial charge in [-0.15, -0.1) is 11.3 Å². The van der Waals surface area contributed by atoms with Crippen molar-refractivity contribution in [2.45, 2.75) is 6.54 Å². The lowest BCUT2D eigenvalue weighted by atomic mass is 10.3. The van der Waals surface area contributed by atoms with E-state index in [9.17, 15) is 4.79 Å². The minimum Gasteiger partial charge on any atom is -0.497 e. The van der Waals surface area contributed by atoms with Gasteiger partial charge in [0.2, 0.25) is 0 Å². The molecule has 3 aromatic rings. The molecule has 8 heteroatoms. The van der Waals surface area contributed by atoms with E-state index in [1.54, 1.807) is 30.5 Å². The second-order valence-corrected chi connectivity index (χ2v) is 5.90. The van der Waals surface area contributed by atoms with Crippen LogP contribution in [0.2, 0.25) is 0 Å². The molecule has 1 aromatic carbocycles. The number of methoxy groups -OCH3 is 1. The van der Waals surface area contributed by atoms with Gasteiger partial charge in [0.15, 0.2) is 5.13 Å².